The fourth-order valence-electron chi connectivity index (χ4n) is 2.69. The van der Waals surface area contributed by atoms with E-state index in [-0.39, 0.29) is 6.10 Å². The van der Waals surface area contributed by atoms with Crippen LogP contribution >= 0.6 is 0 Å². The third-order valence-corrected chi connectivity index (χ3v) is 3.52. The lowest BCUT2D eigenvalue weighted by atomic mass is 9.79. The molecular weight excluding hydrogens is 160 g/mol. The van der Waals surface area contributed by atoms with Crippen LogP contribution in [-0.4, -0.2) is 11.2 Å². The maximum atomic E-state index is 9.80. The van der Waals surface area contributed by atoms with Crippen LogP contribution < -0.4 is 0 Å². The standard InChI is InChI=1S/C12H18O/c1-2-3-4-5-11-10-7-6-9(10)8-12(11)13/h2,6-7,9-13H,1,3-5,8H2/t9-,10-,11+,12+/m0/s1. The van der Waals surface area contributed by atoms with Crippen LogP contribution in [0.25, 0.3) is 0 Å². The Morgan fingerprint density at radius 3 is 2.85 bits per heavy atom. The van der Waals surface area contributed by atoms with Crippen LogP contribution in [0.15, 0.2) is 24.8 Å². The molecule has 1 nitrogen and oxygen atoms in total. The van der Waals surface area contributed by atoms with Crippen LogP contribution in [0.5, 0.6) is 0 Å². The van der Waals surface area contributed by atoms with Crippen LogP contribution in [0.3, 0.4) is 0 Å². The van der Waals surface area contributed by atoms with E-state index in [2.05, 4.69) is 18.7 Å². The molecule has 1 fully saturated rings. The van der Waals surface area contributed by atoms with Gasteiger partial charge < -0.3 is 5.11 Å². The molecule has 72 valence electrons. The van der Waals surface area contributed by atoms with E-state index in [1.54, 1.807) is 0 Å². The molecule has 2 aliphatic rings. The van der Waals surface area contributed by atoms with Gasteiger partial charge in [0.05, 0.1) is 6.10 Å². The van der Waals surface area contributed by atoms with E-state index in [0.717, 1.165) is 12.8 Å². The van der Waals surface area contributed by atoms with Gasteiger partial charge in [0.1, 0.15) is 0 Å². The molecule has 0 radical (unpaired) electrons. The number of allylic oxidation sites excluding steroid dienone is 3. The summed E-state index contributed by atoms with van der Waals surface area (Å²) in [4.78, 5) is 0. The minimum absolute atomic E-state index is 0.0465. The molecule has 2 aliphatic carbocycles. The largest absolute Gasteiger partial charge is 0.393 e. The van der Waals surface area contributed by atoms with E-state index in [0.29, 0.717) is 17.8 Å². The van der Waals surface area contributed by atoms with Crippen molar-refractivity contribution in [3.63, 3.8) is 0 Å². The van der Waals surface area contributed by atoms with Gasteiger partial charge in [-0.3, -0.25) is 0 Å². The van der Waals surface area contributed by atoms with Crippen molar-refractivity contribution in [2.75, 3.05) is 0 Å². The zero-order valence-corrected chi connectivity index (χ0v) is 8.02. The van der Waals surface area contributed by atoms with Gasteiger partial charge in [-0.15, -0.1) is 6.58 Å². The van der Waals surface area contributed by atoms with Crippen molar-refractivity contribution >= 4 is 0 Å². The van der Waals surface area contributed by atoms with Crippen LogP contribution in [0.1, 0.15) is 25.7 Å². The molecule has 0 aliphatic heterocycles. The Morgan fingerprint density at radius 2 is 2.31 bits per heavy atom. The van der Waals surface area contributed by atoms with Gasteiger partial charge in [0.25, 0.3) is 0 Å². The number of rotatable bonds is 4. The highest BCUT2D eigenvalue weighted by atomic mass is 16.3. The number of fused-ring (bicyclic) bond motifs is 1. The topological polar surface area (TPSA) is 20.2 Å². The number of unbranched alkanes of at least 4 members (excludes halogenated alkanes) is 1. The highest BCUT2D eigenvalue weighted by Gasteiger charge is 2.42. The van der Waals surface area contributed by atoms with E-state index in [1.165, 1.54) is 12.8 Å². The van der Waals surface area contributed by atoms with Gasteiger partial charge in [-0.1, -0.05) is 18.2 Å². The number of hydrogen-bond donors (Lipinski definition) is 1. The van der Waals surface area contributed by atoms with Crippen molar-refractivity contribution in [2.45, 2.75) is 31.8 Å². The van der Waals surface area contributed by atoms with Crippen molar-refractivity contribution in [1.29, 1.82) is 0 Å². The average molecular weight is 178 g/mol. The minimum Gasteiger partial charge on any atom is -0.393 e. The van der Waals surface area contributed by atoms with Crippen LogP contribution in [0, 0.1) is 17.8 Å². The van der Waals surface area contributed by atoms with Crippen molar-refractivity contribution in [3.05, 3.63) is 24.8 Å². The number of aliphatic hydroxyl groups is 1. The molecule has 2 rings (SSSR count). The number of hydrogen-bond acceptors (Lipinski definition) is 1. The second-order valence-electron chi connectivity index (χ2n) is 4.31. The Labute approximate surface area is 80.2 Å². The molecule has 0 bridgehead atoms. The molecule has 0 heterocycles. The molecule has 0 aromatic heterocycles. The summed E-state index contributed by atoms with van der Waals surface area (Å²) in [6, 6.07) is 0. The first-order chi connectivity index (χ1) is 6.33. The molecular formula is C12H18O. The zero-order valence-electron chi connectivity index (χ0n) is 8.02. The van der Waals surface area contributed by atoms with E-state index < -0.39 is 0 Å². The minimum atomic E-state index is -0.0465. The van der Waals surface area contributed by atoms with Gasteiger partial charge in [-0.2, -0.15) is 0 Å². The second kappa shape index (κ2) is 3.67. The molecule has 1 saturated carbocycles. The first kappa shape index (κ1) is 9.01. The summed E-state index contributed by atoms with van der Waals surface area (Å²) in [5, 5.41) is 9.80. The molecule has 0 spiro atoms. The van der Waals surface area contributed by atoms with Crippen molar-refractivity contribution in [1.82, 2.24) is 0 Å². The van der Waals surface area contributed by atoms with E-state index in [4.69, 9.17) is 0 Å². The Kier molecular flexibility index (Phi) is 2.54. The van der Waals surface area contributed by atoms with E-state index >= 15 is 0 Å². The Morgan fingerprint density at radius 1 is 1.46 bits per heavy atom. The summed E-state index contributed by atoms with van der Waals surface area (Å²) in [7, 11) is 0. The highest BCUT2D eigenvalue weighted by Crippen LogP contribution is 2.46. The summed E-state index contributed by atoms with van der Waals surface area (Å²) in [6.07, 6.45) is 10.9. The quantitative estimate of drug-likeness (QED) is 0.518. The highest BCUT2D eigenvalue weighted by molar-refractivity contribution is 5.16. The number of aliphatic hydroxyl groups excluding tert-OH is 1. The van der Waals surface area contributed by atoms with Gasteiger partial charge in [-0.05, 0) is 43.4 Å². The lowest BCUT2D eigenvalue weighted by Crippen LogP contribution is -2.21. The van der Waals surface area contributed by atoms with Crippen molar-refractivity contribution in [2.24, 2.45) is 17.8 Å². The monoisotopic (exact) mass is 178 g/mol. The molecule has 13 heavy (non-hydrogen) atoms. The third-order valence-electron chi connectivity index (χ3n) is 3.52. The maximum absolute atomic E-state index is 9.80. The molecule has 4 atom stereocenters. The molecule has 1 N–H and O–H groups in total. The molecule has 0 amide bonds. The zero-order chi connectivity index (χ0) is 9.26. The van der Waals surface area contributed by atoms with Crippen LogP contribution in [-0.2, 0) is 0 Å². The SMILES string of the molecule is C=CCCC[C@@H]1[C@H]2C=C[C@H]2C[C@H]1O. The normalized spacial score (nSPS) is 41.3. The predicted molar refractivity (Wildman–Crippen MR) is 54.3 cm³/mol. The molecule has 0 aromatic carbocycles. The maximum Gasteiger partial charge on any atom is 0.0580 e. The van der Waals surface area contributed by atoms with E-state index in [9.17, 15) is 5.11 Å². The molecule has 0 saturated heterocycles. The van der Waals surface area contributed by atoms with Crippen molar-refractivity contribution in [3.8, 4) is 0 Å². The fraction of sp³-hybridized carbons (Fsp3) is 0.667. The summed E-state index contributed by atoms with van der Waals surface area (Å²) < 4.78 is 0. The first-order valence-electron chi connectivity index (χ1n) is 5.30. The van der Waals surface area contributed by atoms with Gasteiger partial charge in [-0.25, -0.2) is 0 Å². The van der Waals surface area contributed by atoms with E-state index in [1.807, 2.05) is 6.08 Å². The predicted octanol–water partition coefficient (Wildman–Crippen LogP) is 2.53. The Hall–Kier alpha value is -0.560. The second-order valence-corrected chi connectivity index (χ2v) is 4.31. The van der Waals surface area contributed by atoms with Crippen molar-refractivity contribution < 1.29 is 5.11 Å². The Bertz CT molecular complexity index is 219. The summed E-state index contributed by atoms with van der Waals surface area (Å²) >= 11 is 0. The molecule has 0 aromatic rings. The smallest absolute Gasteiger partial charge is 0.0580 e. The fourth-order valence-corrected chi connectivity index (χ4v) is 2.69. The summed E-state index contributed by atoms with van der Waals surface area (Å²) in [5.41, 5.74) is 0. The summed E-state index contributed by atoms with van der Waals surface area (Å²) in [5.74, 6) is 1.93. The van der Waals surface area contributed by atoms with Gasteiger partial charge in [0, 0.05) is 0 Å². The lowest BCUT2D eigenvalue weighted by Gasteiger charge is -2.26. The first-order valence-corrected chi connectivity index (χ1v) is 5.30. The van der Waals surface area contributed by atoms with Gasteiger partial charge >= 0.3 is 0 Å². The lowest BCUT2D eigenvalue weighted by molar-refractivity contribution is 0.118. The Balaban J connectivity index is 1.83. The van der Waals surface area contributed by atoms with Gasteiger partial charge in [0.15, 0.2) is 0 Å². The van der Waals surface area contributed by atoms with Gasteiger partial charge in [0.2, 0.25) is 0 Å². The third kappa shape index (κ3) is 1.58. The average Bonchev–Trinajstić information content (AvgIpc) is 2.29. The summed E-state index contributed by atoms with van der Waals surface area (Å²) in [6.45, 7) is 3.72. The molecule has 1 heteroatoms. The van der Waals surface area contributed by atoms with Crippen LogP contribution in [0.4, 0.5) is 0 Å². The van der Waals surface area contributed by atoms with Crippen LogP contribution in [0.2, 0.25) is 0 Å². The molecule has 0 unspecified atom stereocenters.